The lowest BCUT2D eigenvalue weighted by atomic mass is 10.0. The maximum Gasteiger partial charge on any atom is 0.274 e. The number of aliphatic hydroxyl groups is 1. The van der Waals surface area contributed by atoms with E-state index in [-0.39, 0.29) is 12.5 Å². The number of nitrogens with one attached hydrogen (secondary N) is 1. The minimum Gasteiger partial charge on any atom is -0.394 e. The number of amides is 1. The summed E-state index contributed by atoms with van der Waals surface area (Å²) in [6.45, 7) is 5.33. The molecule has 1 aliphatic heterocycles. The van der Waals surface area contributed by atoms with Crippen molar-refractivity contribution < 1.29 is 9.90 Å². The van der Waals surface area contributed by atoms with Gasteiger partial charge in [-0.05, 0) is 20.3 Å². The second-order valence-corrected chi connectivity index (χ2v) is 5.26. The van der Waals surface area contributed by atoms with Gasteiger partial charge in [0, 0.05) is 26.3 Å². The van der Waals surface area contributed by atoms with E-state index in [1.54, 1.807) is 13.2 Å². The first-order valence-corrected chi connectivity index (χ1v) is 6.16. The molecule has 0 aliphatic carbocycles. The van der Waals surface area contributed by atoms with Gasteiger partial charge in [0.1, 0.15) is 5.69 Å². The molecule has 1 aliphatic rings. The molecule has 0 saturated heterocycles. The molecule has 2 rings (SSSR count). The van der Waals surface area contributed by atoms with Gasteiger partial charge in [0.2, 0.25) is 5.95 Å². The van der Waals surface area contributed by atoms with Gasteiger partial charge in [-0.3, -0.25) is 4.79 Å². The topological polar surface area (TPSA) is 70.4 Å². The van der Waals surface area contributed by atoms with Crippen molar-refractivity contribution in [2.24, 2.45) is 0 Å². The van der Waals surface area contributed by atoms with E-state index in [2.05, 4.69) is 10.3 Å². The van der Waals surface area contributed by atoms with Crippen LogP contribution in [0.2, 0.25) is 0 Å². The van der Waals surface area contributed by atoms with Gasteiger partial charge in [0.15, 0.2) is 0 Å². The number of rotatable bonds is 3. The molecule has 6 nitrogen and oxygen atoms in total. The number of hydrogen-bond acceptors (Lipinski definition) is 4. The summed E-state index contributed by atoms with van der Waals surface area (Å²) >= 11 is 0. The normalized spacial score (nSPS) is 14.9. The number of aryl methyl sites for hydroxylation is 1. The predicted octanol–water partition coefficient (Wildman–Crippen LogP) is 0.542. The molecule has 0 aromatic carbocycles. The van der Waals surface area contributed by atoms with Crippen molar-refractivity contribution in [3.8, 4) is 0 Å². The number of carbonyl (C=O) groups excluding carboxylic acids is 1. The van der Waals surface area contributed by atoms with Crippen LogP contribution in [0.1, 0.15) is 30.8 Å². The van der Waals surface area contributed by atoms with E-state index in [1.165, 1.54) is 4.90 Å². The Bertz CT molecular complexity index is 429. The average Bonchev–Trinajstić information content (AvgIpc) is 2.80. The van der Waals surface area contributed by atoms with Crippen LogP contribution in [0, 0.1) is 0 Å². The third kappa shape index (κ3) is 2.20. The van der Waals surface area contributed by atoms with Gasteiger partial charge in [-0.15, -0.1) is 0 Å². The number of carbonyl (C=O) groups is 1. The first-order valence-electron chi connectivity index (χ1n) is 6.16. The van der Waals surface area contributed by atoms with Crippen LogP contribution in [0.4, 0.5) is 5.95 Å². The number of likely N-dealkylation sites (N-methyl/N-ethyl adjacent to an activating group) is 1. The molecule has 2 N–H and O–H groups in total. The molecular weight excluding hydrogens is 232 g/mol. The molecule has 0 unspecified atom stereocenters. The van der Waals surface area contributed by atoms with Crippen LogP contribution >= 0.6 is 0 Å². The van der Waals surface area contributed by atoms with Crippen molar-refractivity contribution >= 4 is 11.9 Å². The molecule has 0 atom stereocenters. The smallest absolute Gasteiger partial charge is 0.274 e. The third-order valence-electron chi connectivity index (χ3n) is 3.45. The Kier molecular flexibility index (Phi) is 3.30. The highest BCUT2D eigenvalue weighted by Gasteiger charge is 2.29. The number of hydrogen-bond donors (Lipinski definition) is 2. The van der Waals surface area contributed by atoms with E-state index in [9.17, 15) is 9.90 Å². The van der Waals surface area contributed by atoms with Gasteiger partial charge in [0.25, 0.3) is 5.91 Å². The Morgan fingerprint density at radius 2 is 2.39 bits per heavy atom. The van der Waals surface area contributed by atoms with E-state index in [1.807, 2.05) is 18.4 Å². The zero-order chi connectivity index (χ0) is 13.3. The molecular formula is C12H20N4O2. The quantitative estimate of drug-likeness (QED) is 0.824. The van der Waals surface area contributed by atoms with Crippen molar-refractivity contribution in [1.29, 1.82) is 0 Å². The molecule has 1 amide bonds. The summed E-state index contributed by atoms with van der Waals surface area (Å²) in [4.78, 5) is 18.1. The Morgan fingerprint density at radius 1 is 1.67 bits per heavy atom. The number of nitrogens with zero attached hydrogens (tertiary/aromatic N) is 3. The van der Waals surface area contributed by atoms with Crippen molar-refractivity contribution in [2.75, 3.05) is 25.5 Å². The Balaban J connectivity index is 2.21. The van der Waals surface area contributed by atoms with E-state index in [0.29, 0.717) is 5.69 Å². The molecule has 1 aromatic rings. The second kappa shape index (κ2) is 4.61. The molecule has 18 heavy (non-hydrogen) atoms. The molecule has 0 fully saturated rings. The summed E-state index contributed by atoms with van der Waals surface area (Å²) in [6, 6.07) is 0. The molecule has 1 aromatic heterocycles. The summed E-state index contributed by atoms with van der Waals surface area (Å²) in [5.74, 6) is 0.581. The summed E-state index contributed by atoms with van der Waals surface area (Å²) in [5, 5.41) is 12.5. The zero-order valence-electron chi connectivity index (χ0n) is 11.1. The Hall–Kier alpha value is -1.56. The molecule has 0 spiro atoms. The fourth-order valence-corrected chi connectivity index (χ4v) is 1.83. The number of fused-ring (bicyclic) bond motifs is 1. The maximum absolute atomic E-state index is 12.3. The van der Waals surface area contributed by atoms with Gasteiger partial charge < -0.3 is 19.9 Å². The Labute approximate surface area is 107 Å². The van der Waals surface area contributed by atoms with Gasteiger partial charge in [0.05, 0.1) is 12.1 Å². The van der Waals surface area contributed by atoms with Crippen LogP contribution in [-0.4, -0.2) is 51.2 Å². The summed E-state index contributed by atoms with van der Waals surface area (Å²) in [7, 11) is 1.68. The van der Waals surface area contributed by atoms with Gasteiger partial charge in [-0.1, -0.05) is 0 Å². The number of imidazole rings is 1. The minimum atomic E-state index is -0.589. The molecule has 0 bridgehead atoms. The van der Waals surface area contributed by atoms with Gasteiger partial charge >= 0.3 is 0 Å². The van der Waals surface area contributed by atoms with Crippen LogP contribution in [0.15, 0.2) is 6.20 Å². The van der Waals surface area contributed by atoms with Crippen LogP contribution in [0.3, 0.4) is 0 Å². The van der Waals surface area contributed by atoms with E-state index in [0.717, 1.165) is 25.5 Å². The van der Waals surface area contributed by atoms with Crippen molar-refractivity contribution in [3.63, 3.8) is 0 Å². The summed E-state index contributed by atoms with van der Waals surface area (Å²) in [5.41, 5.74) is -0.169. The number of anilines is 1. The van der Waals surface area contributed by atoms with Gasteiger partial charge in [-0.25, -0.2) is 4.98 Å². The highest BCUT2D eigenvalue weighted by Crippen LogP contribution is 2.18. The number of aromatic nitrogens is 2. The van der Waals surface area contributed by atoms with E-state index < -0.39 is 5.54 Å². The zero-order valence-corrected chi connectivity index (χ0v) is 11.1. The molecule has 6 heteroatoms. The molecule has 0 radical (unpaired) electrons. The van der Waals surface area contributed by atoms with Crippen molar-refractivity contribution in [3.05, 3.63) is 11.9 Å². The SMILES string of the molecule is CN(C(=O)c1cn2c(n1)NCCC2)C(C)(C)CO. The van der Waals surface area contributed by atoms with Crippen LogP contribution in [-0.2, 0) is 6.54 Å². The highest BCUT2D eigenvalue weighted by atomic mass is 16.3. The molecule has 2 heterocycles. The maximum atomic E-state index is 12.3. The van der Waals surface area contributed by atoms with Crippen LogP contribution in [0.5, 0.6) is 0 Å². The minimum absolute atomic E-state index is 0.0823. The van der Waals surface area contributed by atoms with Gasteiger partial charge in [-0.2, -0.15) is 0 Å². The monoisotopic (exact) mass is 252 g/mol. The lowest BCUT2D eigenvalue weighted by Gasteiger charge is -2.33. The fraction of sp³-hybridized carbons (Fsp3) is 0.667. The van der Waals surface area contributed by atoms with Crippen molar-refractivity contribution in [1.82, 2.24) is 14.5 Å². The van der Waals surface area contributed by atoms with Crippen LogP contribution < -0.4 is 5.32 Å². The average molecular weight is 252 g/mol. The lowest BCUT2D eigenvalue weighted by molar-refractivity contribution is 0.0468. The fourth-order valence-electron chi connectivity index (χ4n) is 1.83. The van der Waals surface area contributed by atoms with Crippen molar-refractivity contribution in [2.45, 2.75) is 32.4 Å². The predicted molar refractivity (Wildman–Crippen MR) is 68.6 cm³/mol. The Morgan fingerprint density at radius 3 is 3.00 bits per heavy atom. The first kappa shape index (κ1) is 12.9. The van der Waals surface area contributed by atoms with E-state index >= 15 is 0 Å². The summed E-state index contributed by atoms with van der Waals surface area (Å²) < 4.78 is 1.95. The molecule has 100 valence electrons. The first-order chi connectivity index (χ1) is 8.45. The molecule has 0 saturated carbocycles. The summed E-state index contributed by atoms with van der Waals surface area (Å²) in [6.07, 6.45) is 2.81. The second-order valence-electron chi connectivity index (χ2n) is 5.26. The van der Waals surface area contributed by atoms with Crippen LogP contribution in [0.25, 0.3) is 0 Å². The standard InChI is InChI=1S/C12H20N4O2/c1-12(2,8-17)15(3)10(18)9-7-16-6-4-5-13-11(16)14-9/h7,17H,4-6,8H2,1-3H3,(H,13,14). The lowest BCUT2D eigenvalue weighted by Crippen LogP contribution is -2.47. The highest BCUT2D eigenvalue weighted by molar-refractivity contribution is 5.93. The third-order valence-corrected chi connectivity index (χ3v) is 3.45. The largest absolute Gasteiger partial charge is 0.394 e. The number of aliphatic hydroxyl groups excluding tert-OH is 1. The van der Waals surface area contributed by atoms with E-state index in [4.69, 9.17) is 0 Å².